The fourth-order valence-corrected chi connectivity index (χ4v) is 4.62. The molecular weight excluding hydrogens is 396 g/mol. The molecule has 2 aromatic carbocycles. The minimum Gasteiger partial charge on any atom is -0.480 e. The van der Waals surface area contributed by atoms with Crippen molar-refractivity contribution in [2.75, 3.05) is 6.61 Å². The molecule has 1 saturated carbocycles. The normalized spacial score (nSPS) is 20.4. The van der Waals surface area contributed by atoms with Crippen molar-refractivity contribution in [3.8, 4) is 11.1 Å². The van der Waals surface area contributed by atoms with Gasteiger partial charge in [0.15, 0.2) is 0 Å². The molecule has 0 heterocycles. The molecule has 0 bridgehead atoms. The first-order chi connectivity index (χ1) is 15.0. The average Bonchev–Trinajstić information content (AvgIpc) is 3.34. The van der Waals surface area contributed by atoms with E-state index in [1.165, 1.54) is 6.92 Å². The predicted octanol–water partition coefficient (Wildman–Crippen LogP) is 3.28. The van der Waals surface area contributed by atoms with Crippen LogP contribution in [0.4, 0.5) is 4.79 Å². The number of aliphatic carboxylic acids is 1. The van der Waals surface area contributed by atoms with Crippen LogP contribution >= 0.6 is 0 Å². The van der Waals surface area contributed by atoms with Gasteiger partial charge in [-0.15, -0.1) is 0 Å². The van der Waals surface area contributed by atoms with E-state index < -0.39 is 24.0 Å². The summed E-state index contributed by atoms with van der Waals surface area (Å²) in [6.07, 6.45) is 1.49. The molecule has 2 aromatic rings. The summed E-state index contributed by atoms with van der Waals surface area (Å²) >= 11 is 0. The number of carbonyl (C=O) groups excluding carboxylic acids is 2. The van der Waals surface area contributed by atoms with E-state index in [0.717, 1.165) is 28.7 Å². The molecule has 7 heteroatoms. The minimum atomic E-state index is -1.09. The molecule has 0 aliphatic heterocycles. The van der Waals surface area contributed by atoms with Crippen molar-refractivity contribution in [3.63, 3.8) is 0 Å². The molecule has 0 saturated heterocycles. The van der Waals surface area contributed by atoms with Crippen LogP contribution in [0.2, 0.25) is 0 Å². The summed E-state index contributed by atoms with van der Waals surface area (Å²) in [4.78, 5) is 35.9. The van der Waals surface area contributed by atoms with Gasteiger partial charge in [0.05, 0.1) is 5.92 Å². The number of carboxylic acids is 1. The van der Waals surface area contributed by atoms with Gasteiger partial charge in [-0.3, -0.25) is 9.59 Å². The summed E-state index contributed by atoms with van der Waals surface area (Å²) in [6, 6.07) is 14.9. The summed E-state index contributed by atoms with van der Waals surface area (Å²) < 4.78 is 5.57. The van der Waals surface area contributed by atoms with Crippen molar-refractivity contribution in [3.05, 3.63) is 59.7 Å². The monoisotopic (exact) mass is 422 g/mol. The Balaban J connectivity index is 1.37. The number of alkyl carbamates (subject to hydrolysis) is 1. The van der Waals surface area contributed by atoms with Crippen LogP contribution in [0.1, 0.15) is 43.2 Å². The van der Waals surface area contributed by atoms with Crippen molar-refractivity contribution in [2.45, 2.75) is 44.2 Å². The maximum atomic E-state index is 12.5. The Hall–Kier alpha value is -3.35. The Morgan fingerprint density at radius 2 is 1.65 bits per heavy atom. The highest BCUT2D eigenvalue weighted by atomic mass is 16.5. The maximum absolute atomic E-state index is 12.5. The topological polar surface area (TPSA) is 105 Å². The number of hydrogen-bond acceptors (Lipinski definition) is 4. The van der Waals surface area contributed by atoms with Gasteiger partial charge in [0, 0.05) is 12.0 Å². The lowest BCUT2D eigenvalue weighted by Gasteiger charge is -2.22. The number of nitrogens with one attached hydrogen (secondary N) is 2. The van der Waals surface area contributed by atoms with E-state index in [0.29, 0.717) is 12.8 Å². The van der Waals surface area contributed by atoms with Gasteiger partial charge in [0.1, 0.15) is 12.6 Å². The van der Waals surface area contributed by atoms with E-state index in [1.54, 1.807) is 0 Å². The Labute approximate surface area is 180 Å². The van der Waals surface area contributed by atoms with Gasteiger partial charge in [-0.2, -0.15) is 0 Å². The van der Waals surface area contributed by atoms with E-state index >= 15 is 0 Å². The van der Waals surface area contributed by atoms with Crippen molar-refractivity contribution in [2.24, 2.45) is 5.92 Å². The number of carboxylic acid groups (broad SMARTS) is 1. The highest BCUT2D eigenvalue weighted by Crippen LogP contribution is 2.44. The summed E-state index contributed by atoms with van der Waals surface area (Å²) in [6.45, 7) is 1.63. The Bertz CT molecular complexity index is 959. The smallest absolute Gasteiger partial charge is 0.407 e. The van der Waals surface area contributed by atoms with E-state index in [-0.39, 0.29) is 24.5 Å². The third-order valence-electron chi connectivity index (χ3n) is 6.23. The molecule has 2 aliphatic rings. The average molecular weight is 422 g/mol. The van der Waals surface area contributed by atoms with Crippen LogP contribution in [0.3, 0.4) is 0 Å². The second kappa shape index (κ2) is 8.79. The number of carbonyl (C=O) groups is 3. The lowest BCUT2D eigenvalue weighted by Crippen LogP contribution is -2.48. The van der Waals surface area contributed by atoms with Gasteiger partial charge in [0.25, 0.3) is 0 Å². The molecule has 4 rings (SSSR count). The molecule has 0 radical (unpaired) electrons. The van der Waals surface area contributed by atoms with Gasteiger partial charge in [-0.05, 0) is 42.0 Å². The predicted molar refractivity (Wildman–Crippen MR) is 115 cm³/mol. The zero-order valence-electron chi connectivity index (χ0n) is 17.3. The number of ether oxygens (including phenoxy) is 1. The third kappa shape index (κ3) is 4.26. The number of hydrogen-bond donors (Lipinski definition) is 3. The van der Waals surface area contributed by atoms with Gasteiger partial charge < -0.3 is 20.5 Å². The van der Waals surface area contributed by atoms with Gasteiger partial charge in [-0.25, -0.2) is 4.79 Å². The van der Waals surface area contributed by atoms with Crippen molar-refractivity contribution < 1.29 is 24.2 Å². The SMILES string of the molecule is C[C@@H](NC(=O)[C@@H]1CCC[C@@H]1NC(=O)OCC1c2ccccc2-c2ccccc21)C(=O)O. The van der Waals surface area contributed by atoms with Crippen LogP contribution in [-0.4, -0.2) is 41.8 Å². The molecule has 0 unspecified atom stereocenters. The third-order valence-corrected chi connectivity index (χ3v) is 6.23. The summed E-state index contributed by atoms with van der Waals surface area (Å²) in [5, 5.41) is 14.3. The van der Waals surface area contributed by atoms with Crippen LogP contribution in [-0.2, 0) is 14.3 Å². The molecule has 1 fully saturated rings. The summed E-state index contributed by atoms with van der Waals surface area (Å²) in [5.41, 5.74) is 4.59. The quantitative estimate of drug-likeness (QED) is 0.663. The summed E-state index contributed by atoms with van der Waals surface area (Å²) in [5.74, 6) is -1.93. The molecule has 0 aromatic heterocycles. The van der Waals surface area contributed by atoms with Crippen LogP contribution in [0, 0.1) is 5.92 Å². The van der Waals surface area contributed by atoms with Crippen molar-refractivity contribution >= 4 is 18.0 Å². The largest absolute Gasteiger partial charge is 0.480 e. The van der Waals surface area contributed by atoms with Crippen LogP contribution < -0.4 is 10.6 Å². The first-order valence-electron chi connectivity index (χ1n) is 10.6. The van der Waals surface area contributed by atoms with E-state index in [4.69, 9.17) is 9.84 Å². The molecule has 2 amide bonds. The van der Waals surface area contributed by atoms with Gasteiger partial charge in [-0.1, -0.05) is 55.0 Å². The van der Waals surface area contributed by atoms with Gasteiger partial charge in [0.2, 0.25) is 5.91 Å². The van der Waals surface area contributed by atoms with E-state index in [9.17, 15) is 14.4 Å². The second-order valence-electron chi connectivity index (χ2n) is 8.18. The lowest BCUT2D eigenvalue weighted by atomic mass is 9.98. The molecule has 3 atom stereocenters. The molecule has 7 nitrogen and oxygen atoms in total. The second-order valence-corrected chi connectivity index (χ2v) is 8.18. The zero-order valence-corrected chi connectivity index (χ0v) is 17.3. The first-order valence-corrected chi connectivity index (χ1v) is 10.6. The minimum absolute atomic E-state index is 0.0303. The molecule has 0 spiro atoms. The molecule has 2 aliphatic carbocycles. The highest BCUT2D eigenvalue weighted by Gasteiger charge is 2.36. The zero-order chi connectivity index (χ0) is 22.0. The lowest BCUT2D eigenvalue weighted by molar-refractivity contribution is -0.142. The fourth-order valence-electron chi connectivity index (χ4n) is 4.62. The molecular formula is C24H26N2O5. The van der Waals surface area contributed by atoms with E-state index in [1.807, 2.05) is 24.3 Å². The molecule has 3 N–H and O–H groups in total. The van der Waals surface area contributed by atoms with Crippen molar-refractivity contribution in [1.29, 1.82) is 0 Å². The van der Waals surface area contributed by atoms with Gasteiger partial charge >= 0.3 is 12.1 Å². The molecule has 162 valence electrons. The Kier molecular flexibility index (Phi) is 5.93. The molecule has 31 heavy (non-hydrogen) atoms. The van der Waals surface area contributed by atoms with Crippen LogP contribution in [0.5, 0.6) is 0 Å². The Morgan fingerprint density at radius 3 is 2.26 bits per heavy atom. The van der Waals surface area contributed by atoms with E-state index in [2.05, 4.69) is 34.9 Å². The number of rotatable bonds is 6. The number of fused-ring (bicyclic) bond motifs is 3. The maximum Gasteiger partial charge on any atom is 0.407 e. The fraction of sp³-hybridized carbons (Fsp3) is 0.375. The number of amides is 2. The standard InChI is InChI=1S/C24H26N2O5/c1-14(23(28)29)25-22(27)19-11-6-12-21(19)26-24(30)31-13-20-17-9-4-2-7-15(17)16-8-3-5-10-18(16)20/h2-5,7-10,14,19-21H,6,11-13H2,1H3,(H,25,27)(H,26,30)(H,28,29)/t14-,19-,21+/m1/s1. The van der Waals surface area contributed by atoms with Crippen molar-refractivity contribution in [1.82, 2.24) is 10.6 Å². The Morgan fingerprint density at radius 1 is 1.03 bits per heavy atom. The summed E-state index contributed by atoms with van der Waals surface area (Å²) in [7, 11) is 0. The highest BCUT2D eigenvalue weighted by molar-refractivity contribution is 5.86. The van der Waals surface area contributed by atoms with Crippen LogP contribution in [0.25, 0.3) is 11.1 Å². The number of benzene rings is 2. The first kappa shape index (κ1) is 20.9. The van der Waals surface area contributed by atoms with Crippen LogP contribution in [0.15, 0.2) is 48.5 Å².